The summed E-state index contributed by atoms with van der Waals surface area (Å²) in [4.78, 5) is 37.6. The Bertz CT molecular complexity index is 1110. The van der Waals surface area contributed by atoms with E-state index in [4.69, 9.17) is 14.7 Å². The first-order chi connectivity index (χ1) is 16.0. The highest BCUT2D eigenvalue weighted by Gasteiger charge is 2.43. The zero-order chi connectivity index (χ0) is 23.5. The van der Waals surface area contributed by atoms with Gasteiger partial charge in [-0.05, 0) is 48.7 Å². The fourth-order valence-corrected chi connectivity index (χ4v) is 4.81. The van der Waals surface area contributed by atoms with Crippen LogP contribution in [0.3, 0.4) is 0 Å². The molecule has 0 fully saturated rings. The lowest BCUT2D eigenvalue weighted by Gasteiger charge is -2.27. The number of benzene rings is 2. The molecule has 0 saturated heterocycles. The quantitative estimate of drug-likeness (QED) is 0.635. The number of amidine groups is 2. The zero-order valence-corrected chi connectivity index (χ0v) is 20.1. The number of methoxy groups -OCH3 is 1. The molecular weight excluding hydrogens is 436 g/mol. The fraction of sp³-hybridized carbons (Fsp3) is 0.360. The predicted molar refractivity (Wildman–Crippen MR) is 133 cm³/mol. The lowest BCUT2D eigenvalue weighted by Crippen LogP contribution is -2.43. The maximum atomic E-state index is 13.4. The van der Waals surface area contributed by atoms with Crippen LogP contribution in [0.15, 0.2) is 58.5 Å². The lowest BCUT2D eigenvalue weighted by atomic mass is 10.00. The molecule has 2 aromatic carbocycles. The second kappa shape index (κ2) is 9.79. The van der Waals surface area contributed by atoms with Gasteiger partial charge in [0.1, 0.15) is 17.6 Å². The number of amides is 2. The molecule has 0 bridgehead atoms. The Morgan fingerprint density at radius 1 is 1.15 bits per heavy atom. The number of para-hydroxylation sites is 1. The minimum atomic E-state index is -0.435. The fourth-order valence-electron chi connectivity index (χ4n) is 3.79. The summed E-state index contributed by atoms with van der Waals surface area (Å²) in [6.45, 7) is 6.05. The van der Waals surface area contributed by atoms with Crippen molar-refractivity contribution in [2.24, 2.45) is 15.9 Å². The molecule has 2 aromatic rings. The molecular formula is C25H28N4O3S. The highest BCUT2D eigenvalue weighted by atomic mass is 32.2. The van der Waals surface area contributed by atoms with E-state index >= 15 is 0 Å². The van der Waals surface area contributed by atoms with Crippen LogP contribution in [-0.2, 0) is 9.59 Å². The van der Waals surface area contributed by atoms with Gasteiger partial charge in [0.2, 0.25) is 5.91 Å². The van der Waals surface area contributed by atoms with Crippen LogP contribution in [0.1, 0.15) is 39.2 Å². The van der Waals surface area contributed by atoms with Gasteiger partial charge in [-0.1, -0.05) is 51.1 Å². The number of carbonyl (C=O) groups excluding carboxylic acids is 2. The smallest absolute Gasteiger partial charge is 0.259 e. The van der Waals surface area contributed by atoms with Crippen molar-refractivity contribution in [1.29, 1.82) is 0 Å². The summed E-state index contributed by atoms with van der Waals surface area (Å²) < 4.78 is 5.17. The second-order valence-corrected chi connectivity index (χ2v) is 9.27. The third-order valence-electron chi connectivity index (χ3n) is 5.95. The second-order valence-electron chi connectivity index (χ2n) is 8.10. The van der Waals surface area contributed by atoms with E-state index in [2.05, 4.69) is 12.2 Å². The van der Waals surface area contributed by atoms with Gasteiger partial charge in [0.15, 0.2) is 5.17 Å². The molecule has 2 amide bonds. The number of aliphatic imine (C=N–C) groups is 2. The Hall–Kier alpha value is -3.13. The average Bonchev–Trinajstić information content (AvgIpc) is 3.20. The number of carbonyl (C=O) groups is 2. The molecule has 0 spiro atoms. The molecule has 8 heteroatoms. The van der Waals surface area contributed by atoms with E-state index in [0.717, 1.165) is 23.4 Å². The Kier molecular flexibility index (Phi) is 6.83. The Morgan fingerprint density at radius 3 is 2.55 bits per heavy atom. The third kappa shape index (κ3) is 4.53. The number of ether oxygens (including phenoxy) is 1. The van der Waals surface area contributed by atoms with Gasteiger partial charge in [-0.25, -0.2) is 9.89 Å². The van der Waals surface area contributed by atoms with Crippen molar-refractivity contribution in [3.05, 3.63) is 54.1 Å². The van der Waals surface area contributed by atoms with Crippen LogP contribution in [0.4, 0.5) is 11.4 Å². The Morgan fingerprint density at radius 2 is 1.88 bits per heavy atom. The van der Waals surface area contributed by atoms with Crippen molar-refractivity contribution in [3.8, 4) is 5.75 Å². The van der Waals surface area contributed by atoms with Crippen molar-refractivity contribution in [1.82, 2.24) is 4.90 Å². The van der Waals surface area contributed by atoms with Gasteiger partial charge < -0.3 is 10.1 Å². The number of nitrogens with zero attached hydrogens (tertiary/aromatic N) is 3. The summed E-state index contributed by atoms with van der Waals surface area (Å²) in [7, 11) is 1.60. The van der Waals surface area contributed by atoms with E-state index in [1.54, 1.807) is 36.3 Å². The summed E-state index contributed by atoms with van der Waals surface area (Å²) in [6.07, 6.45) is 1.43. The van der Waals surface area contributed by atoms with E-state index in [0.29, 0.717) is 23.1 Å². The summed E-state index contributed by atoms with van der Waals surface area (Å²) in [5.74, 6) is 1.25. The molecule has 7 nitrogen and oxygen atoms in total. The minimum Gasteiger partial charge on any atom is -0.497 e. The number of fused-ring (bicyclic) bond motifs is 3. The molecule has 2 aliphatic rings. The van der Waals surface area contributed by atoms with Crippen molar-refractivity contribution in [2.45, 2.75) is 44.9 Å². The highest BCUT2D eigenvalue weighted by molar-refractivity contribution is 8.15. The number of thioether (sulfide) groups is 1. The molecule has 0 aromatic heterocycles. The standard InChI is InChI=1S/C25H28N4O3S/c1-5-15(3)21-24(31)29-22(28-21)18-9-7-8-10-19(18)27-25(29)33-20(6-2)23(30)26-16-11-13-17(32-4)14-12-16/h7-15,20-21H,5-6H2,1-4H3,(H,26,30)/t15-,20+,21-/m1/s1. The topological polar surface area (TPSA) is 83.4 Å². The van der Waals surface area contributed by atoms with Crippen LogP contribution >= 0.6 is 11.8 Å². The van der Waals surface area contributed by atoms with E-state index in [-0.39, 0.29) is 17.7 Å². The average molecular weight is 465 g/mol. The molecule has 3 atom stereocenters. The van der Waals surface area contributed by atoms with Gasteiger partial charge in [-0.3, -0.25) is 14.6 Å². The maximum absolute atomic E-state index is 13.4. The molecule has 33 heavy (non-hydrogen) atoms. The predicted octanol–water partition coefficient (Wildman–Crippen LogP) is 4.85. The first-order valence-corrected chi connectivity index (χ1v) is 12.1. The summed E-state index contributed by atoms with van der Waals surface area (Å²) in [5.41, 5.74) is 2.29. The number of anilines is 1. The van der Waals surface area contributed by atoms with Gasteiger partial charge in [-0.2, -0.15) is 0 Å². The normalized spacial score (nSPS) is 18.6. The van der Waals surface area contributed by atoms with Crippen molar-refractivity contribution in [2.75, 3.05) is 12.4 Å². The van der Waals surface area contributed by atoms with Crippen molar-refractivity contribution in [3.63, 3.8) is 0 Å². The van der Waals surface area contributed by atoms with Crippen molar-refractivity contribution >= 4 is 46.0 Å². The lowest BCUT2D eigenvalue weighted by molar-refractivity contribution is -0.125. The van der Waals surface area contributed by atoms with Crippen LogP contribution in [0, 0.1) is 5.92 Å². The summed E-state index contributed by atoms with van der Waals surface area (Å²) >= 11 is 1.30. The largest absolute Gasteiger partial charge is 0.497 e. The molecule has 2 heterocycles. The van der Waals surface area contributed by atoms with Gasteiger partial charge in [0.05, 0.1) is 18.0 Å². The number of hydrogen-bond acceptors (Lipinski definition) is 6. The van der Waals surface area contributed by atoms with Crippen molar-refractivity contribution < 1.29 is 14.3 Å². The van der Waals surface area contributed by atoms with E-state index < -0.39 is 11.3 Å². The first-order valence-electron chi connectivity index (χ1n) is 11.2. The van der Waals surface area contributed by atoms with E-state index in [1.807, 2.05) is 38.1 Å². The number of hydrogen-bond donors (Lipinski definition) is 1. The summed E-state index contributed by atoms with van der Waals surface area (Å²) in [5, 5.41) is 3.03. The zero-order valence-electron chi connectivity index (χ0n) is 19.2. The molecule has 0 unspecified atom stereocenters. The molecule has 2 aliphatic heterocycles. The molecule has 172 valence electrons. The van der Waals surface area contributed by atoms with E-state index in [1.165, 1.54) is 11.8 Å². The molecule has 4 rings (SSSR count). The monoisotopic (exact) mass is 464 g/mol. The van der Waals surface area contributed by atoms with Gasteiger partial charge in [0.25, 0.3) is 5.91 Å². The van der Waals surface area contributed by atoms with Gasteiger partial charge >= 0.3 is 0 Å². The van der Waals surface area contributed by atoms with Gasteiger partial charge in [-0.15, -0.1) is 0 Å². The maximum Gasteiger partial charge on any atom is 0.259 e. The molecule has 0 saturated carbocycles. The van der Waals surface area contributed by atoms with Crippen LogP contribution in [0.5, 0.6) is 5.75 Å². The van der Waals surface area contributed by atoms with Gasteiger partial charge in [0, 0.05) is 11.3 Å². The molecule has 0 aliphatic carbocycles. The van der Waals surface area contributed by atoms with Crippen LogP contribution in [-0.4, -0.2) is 46.1 Å². The first kappa shape index (κ1) is 23.0. The molecule has 0 radical (unpaired) electrons. The number of nitrogens with one attached hydrogen (secondary N) is 1. The highest BCUT2D eigenvalue weighted by Crippen LogP contribution is 2.36. The Labute approximate surface area is 198 Å². The van der Waals surface area contributed by atoms with Crippen LogP contribution in [0.2, 0.25) is 0 Å². The summed E-state index contributed by atoms with van der Waals surface area (Å²) in [6, 6.07) is 14.4. The minimum absolute atomic E-state index is 0.0782. The Balaban J connectivity index is 1.60. The molecule has 1 N–H and O–H groups in total. The van der Waals surface area contributed by atoms with Crippen LogP contribution in [0.25, 0.3) is 0 Å². The van der Waals surface area contributed by atoms with E-state index in [9.17, 15) is 9.59 Å². The number of rotatable bonds is 7. The SMILES string of the molecule is CC[C@H](SC1=Nc2ccccc2C2=N[C@H]([C@H](C)CC)C(=O)N12)C(=O)Nc1ccc(OC)cc1. The van der Waals surface area contributed by atoms with Crippen LogP contribution < -0.4 is 10.1 Å². The third-order valence-corrected chi connectivity index (χ3v) is 7.27.